The maximum atomic E-state index is 11.2. The Balaban J connectivity index is 1.29. The van der Waals surface area contributed by atoms with Crippen LogP contribution in [0.5, 0.6) is 5.75 Å². The zero-order valence-electron chi connectivity index (χ0n) is 18.3. The summed E-state index contributed by atoms with van der Waals surface area (Å²) in [6.45, 7) is 2.63. The quantitative estimate of drug-likeness (QED) is 0.434. The lowest BCUT2D eigenvalue weighted by Gasteiger charge is -2.37. The summed E-state index contributed by atoms with van der Waals surface area (Å²) < 4.78 is 5.92. The molecule has 1 atom stereocenters. The molecule has 1 unspecified atom stereocenters. The number of aliphatic hydroxyl groups is 1. The molecule has 0 saturated heterocycles. The molecule has 0 aromatic heterocycles. The average Bonchev–Trinajstić information content (AvgIpc) is 2.85. The van der Waals surface area contributed by atoms with Gasteiger partial charge in [-0.2, -0.15) is 0 Å². The van der Waals surface area contributed by atoms with Gasteiger partial charge in [0.1, 0.15) is 18.1 Å². The monoisotopic (exact) mass is 415 g/mol. The molecule has 0 bridgehead atoms. The van der Waals surface area contributed by atoms with Crippen molar-refractivity contribution >= 4 is 0 Å². The van der Waals surface area contributed by atoms with E-state index in [1.165, 1.54) is 11.1 Å². The molecular formula is C28H33NO2. The van der Waals surface area contributed by atoms with E-state index in [-0.39, 0.29) is 0 Å². The van der Waals surface area contributed by atoms with E-state index in [1.54, 1.807) is 0 Å². The largest absolute Gasteiger partial charge is 0.489 e. The minimum absolute atomic E-state index is 0.342. The van der Waals surface area contributed by atoms with Crippen molar-refractivity contribution in [2.75, 3.05) is 0 Å². The molecule has 0 radical (unpaired) electrons. The SMILES string of the molecule is CCC(O)(NC1CCC(c2ccc(OCc3ccccc3)cc2)CC1)c1ccccc1. The fourth-order valence-electron chi connectivity index (χ4n) is 4.59. The number of benzene rings is 3. The maximum Gasteiger partial charge on any atom is 0.142 e. The molecule has 0 amide bonds. The highest BCUT2D eigenvalue weighted by Gasteiger charge is 2.32. The highest BCUT2D eigenvalue weighted by Crippen LogP contribution is 2.35. The predicted molar refractivity (Wildman–Crippen MR) is 126 cm³/mol. The van der Waals surface area contributed by atoms with Crippen LogP contribution in [0.25, 0.3) is 0 Å². The lowest BCUT2D eigenvalue weighted by Crippen LogP contribution is -2.48. The molecule has 3 nitrogen and oxygen atoms in total. The van der Waals surface area contributed by atoms with Gasteiger partial charge < -0.3 is 9.84 Å². The van der Waals surface area contributed by atoms with E-state index in [0.29, 0.717) is 25.0 Å². The lowest BCUT2D eigenvalue weighted by atomic mass is 9.81. The topological polar surface area (TPSA) is 41.5 Å². The van der Waals surface area contributed by atoms with Crippen molar-refractivity contribution in [2.24, 2.45) is 0 Å². The van der Waals surface area contributed by atoms with Gasteiger partial charge in [-0.25, -0.2) is 0 Å². The molecule has 4 rings (SSSR count). The fourth-order valence-corrected chi connectivity index (χ4v) is 4.59. The summed E-state index contributed by atoms with van der Waals surface area (Å²) in [5.41, 5.74) is 2.57. The molecule has 1 aliphatic carbocycles. The zero-order chi connectivity index (χ0) is 21.5. The van der Waals surface area contributed by atoms with Crippen molar-refractivity contribution in [1.82, 2.24) is 5.32 Å². The third kappa shape index (κ3) is 5.55. The molecule has 162 valence electrons. The zero-order valence-corrected chi connectivity index (χ0v) is 18.3. The smallest absolute Gasteiger partial charge is 0.142 e. The van der Waals surface area contributed by atoms with E-state index in [1.807, 2.05) is 55.5 Å². The average molecular weight is 416 g/mol. The van der Waals surface area contributed by atoms with Crippen LogP contribution in [0, 0.1) is 0 Å². The molecule has 3 aromatic rings. The molecule has 0 spiro atoms. The van der Waals surface area contributed by atoms with Gasteiger partial charge in [-0.3, -0.25) is 5.32 Å². The van der Waals surface area contributed by atoms with Crippen molar-refractivity contribution in [1.29, 1.82) is 0 Å². The molecule has 3 aromatic carbocycles. The van der Waals surface area contributed by atoms with Crippen molar-refractivity contribution in [2.45, 2.75) is 63.3 Å². The van der Waals surface area contributed by atoms with Crippen LogP contribution in [-0.4, -0.2) is 11.1 Å². The van der Waals surface area contributed by atoms with Gasteiger partial charge in [0.25, 0.3) is 0 Å². The third-order valence-corrected chi connectivity index (χ3v) is 6.53. The second-order valence-electron chi connectivity index (χ2n) is 8.62. The normalized spacial score (nSPS) is 20.7. The molecular weight excluding hydrogens is 382 g/mol. The number of rotatable bonds is 8. The third-order valence-electron chi connectivity index (χ3n) is 6.53. The van der Waals surface area contributed by atoms with E-state index in [4.69, 9.17) is 4.74 Å². The number of ether oxygens (including phenoxy) is 1. The molecule has 2 N–H and O–H groups in total. The van der Waals surface area contributed by atoms with Crippen LogP contribution < -0.4 is 10.1 Å². The summed E-state index contributed by atoms with van der Waals surface area (Å²) in [7, 11) is 0. The number of hydrogen-bond acceptors (Lipinski definition) is 3. The second kappa shape index (κ2) is 10.1. The molecule has 0 heterocycles. The van der Waals surface area contributed by atoms with Crippen molar-refractivity contribution in [3.8, 4) is 5.75 Å². The molecule has 1 fully saturated rings. The van der Waals surface area contributed by atoms with Crippen LogP contribution in [0.4, 0.5) is 0 Å². The van der Waals surface area contributed by atoms with Crippen LogP contribution >= 0.6 is 0 Å². The Morgan fingerprint density at radius 3 is 2.06 bits per heavy atom. The first-order chi connectivity index (χ1) is 15.2. The molecule has 3 heteroatoms. The number of nitrogens with one attached hydrogen (secondary N) is 1. The van der Waals surface area contributed by atoms with E-state index in [9.17, 15) is 5.11 Å². The van der Waals surface area contributed by atoms with Crippen LogP contribution in [0.1, 0.15) is 61.6 Å². The van der Waals surface area contributed by atoms with Crippen LogP contribution in [-0.2, 0) is 12.3 Å². The Bertz CT molecular complexity index is 918. The summed E-state index contributed by atoms with van der Waals surface area (Å²) >= 11 is 0. The van der Waals surface area contributed by atoms with E-state index in [2.05, 4.69) is 41.7 Å². The minimum atomic E-state index is -0.948. The summed E-state index contributed by atoms with van der Waals surface area (Å²) in [4.78, 5) is 0. The first-order valence-electron chi connectivity index (χ1n) is 11.5. The van der Waals surface area contributed by atoms with Gasteiger partial charge >= 0.3 is 0 Å². The minimum Gasteiger partial charge on any atom is -0.489 e. The standard InChI is InChI=1S/C28H33NO2/c1-2-28(30,25-11-7-4-8-12-25)29-26-17-13-23(14-18-26)24-15-19-27(20-16-24)31-21-22-9-5-3-6-10-22/h3-12,15-16,19-20,23,26,29-30H,2,13-14,17-18,21H2,1H3. The van der Waals surface area contributed by atoms with Crippen LogP contribution in [0.3, 0.4) is 0 Å². The maximum absolute atomic E-state index is 11.2. The summed E-state index contributed by atoms with van der Waals surface area (Å²) in [6.07, 6.45) is 5.08. The molecule has 0 aliphatic heterocycles. The summed E-state index contributed by atoms with van der Waals surface area (Å²) in [5, 5.41) is 14.7. The van der Waals surface area contributed by atoms with E-state index < -0.39 is 5.72 Å². The number of hydrogen-bond donors (Lipinski definition) is 2. The summed E-state index contributed by atoms with van der Waals surface area (Å²) in [5.74, 6) is 1.49. The van der Waals surface area contributed by atoms with E-state index in [0.717, 1.165) is 37.0 Å². The molecule has 31 heavy (non-hydrogen) atoms. The van der Waals surface area contributed by atoms with Crippen LogP contribution in [0.15, 0.2) is 84.9 Å². The van der Waals surface area contributed by atoms with Crippen molar-refractivity contribution in [3.05, 3.63) is 102 Å². The molecule has 1 aliphatic rings. The van der Waals surface area contributed by atoms with Crippen LogP contribution in [0.2, 0.25) is 0 Å². The Morgan fingerprint density at radius 1 is 0.839 bits per heavy atom. The Labute approximate surface area is 186 Å². The highest BCUT2D eigenvalue weighted by molar-refractivity contribution is 5.30. The van der Waals surface area contributed by atoms with Gasteiger partial charge in [0.2, 0.25) is 0 Å². The second-order valence-corrected chi connectivity index (χ2v) is 8.62. The fraction of sp³-hybridized carbons (Fsp3) is 0.357. The van der Waals surface area contributed by atoms with E-state index >= 15 is 0 Å². The van der Waals surface area contributed by atoms with Gasteiger partial charge in [0.15, 0.2) is 0 Å². The Kier molecular flexibility index (Phi) is 7.06. The van der Waals surface area contributed by atoms with Gasteiger partial charge in [-0.05, 0) is 66.8 Å². The van der Waals surface area contributed by atoms with Gasteiger partial charge in [-0.1, -0.05) is 79.7 Å². The van der Waals surface area contributed by atoms with Crippen molar-refractivity contribution in [3.63, 3.8) is 0 Å². The Morgan fingerprint density at radius 2 is 1.45 bits per heavy atom. The first-order valence-corrected chi connectivity index (χ1v) is 11.5. The van der Waals surface area contributed by atoms with Crippen molar-refractivity contribution < 1.29 is 9.84 Å². The summed E-state index contributed by atoms with van der Waals surface area (Å²) in [6, 6.07) is 29.2. The Hall–Kier alpha value is -2.62. The predicted octanol–water partition coefficient (Wildman–Crippen LogP) is 6.14. The highest BCUT2D eigenvalue weighted by atomic mass is 16.5. The molecule has 1 saturated carbocycles. The van der Waals surface area contributed by atoms with Gasteiger partial charge in [0.05, 0.1) is 0 Å². The lowest BCUT2D eigenvalue weighted by molar-refractivity contribution is -0.0198. The van der Waals surface area contributed by atoms with Gasteiger partial charge in [-0.15, -0.1) is 0 Å². The van der Waals surface area contributed by atoms with Gasteiger partial charge in [0, 0.05) is 6.04 Å². The first kappa shape index (κ1) is 21.6.